The summed E-state index contributed by atoms with van der Waals surface area (Å²) in [7, 11) is 0. The van der Waals surface area contributed by atoms with Gasteiger partial charge in [-0.25, -0.2) is 4.79 Å². The molecule has 0 aliphatic carbocycles. The van der Waals surface area contributed by atoms with Crippen LogP contribution in [0.3, 0.4) is 0 Å². The van der Waals surface area contributed by atoms with E-state index in [-0.39, 0.29) is 16.1 Å². The van der Waals surface area contributed by atoms with Crippen molar-refractivity contribution in [1.82, 2.24) is 0 Å². The molecule has 0 bridgehead atoms. The fourth-order valence-electron chi connectivity index (χ4n) is 2.46. The van der Waals surface area contributed by atoms with Gasteiger partial charge >= 0.3 is 12.3 Å². The Kier molecular flexibility index (Phi) is 6.89. The van der Waals surface area contributed by atoms with Crippen molar-refractivity contribution in [3.63, 3.8) is 0 Å². The van der Waals surface area contributed by atoms with Gasteiger partial charge in [-0.05, 0) is 24.6 Å². The molecule has 0 saturated carbocycles. The molecule has 28 heavy (non-hydrogen) atoms. The Balaban J connectivity index is 2.76. The normalized spacial score (nSPS) is 11.2. The smallest absolute Gasteiger partial charge is 0.418 e. The molecule has 0 N–H and O–H groups in total. The highest BCUT2D eigenvalue weighted by Crippen LogP contribution is 2.44. The second-order valence-electron chi connectivity index (χ2n) is 5.45. The number of ether oxygens (including phenoxy) is 1. The third-order valence-electron chi connectivity index (χ3n) is 3.60. The predicted molar refractivity (Wildman–Crippen MR) is 100 cm³/mol. The standard InChI is InChI=1S/C17H13BrClF3N2O4/c1-2-28-16(25)23(9-10-5-3-4-6-13(10)19)15-12(17(20,21)22)7-11(18)8-14(15)24(26)27/h3-8H,2,9H2,1H3. The largest absolute Gasteiger partial charge is 0.449 e. The van der Waals surface area contributed by atoms with E-state index in [1.165, 1.54) is 19.1 Å². The van der Waals surface area contributed by atoms with Gasteiger partial charge in [0.2, 0.25) is 0 Å². The van der Waals surface area contributed by atoms with Gasteiger partial charge in [-0.2, -0.15) is 13.2 Å². The molecule has 150 valence electrons. The number of rotatable bonds is 5. The zero-order valence-corrected chi connectivity index (χ0v) is 16.6. The van der Waals surface area contributed by atoms with Gasteiger partial charge in [0.1, 0.15) is 5.69 Å². The van der Waals surface area contributed by atoms with Gasteiger partial charge in [0.05, 0.1) is 23.6 Å². The lowest BCUT2D eigenvalue weighted by Crippen LogP contribution is -2.33. The number of carbonyl (C=O) groups is 1. The molecule has 0 fully saturated rings. The van der Waals surface area contributed by atoms with E-state index in [1.54, 1.807) is 12.1 Å². The number of carbonyl (C=O) groups excluding carboxylic acids is 1. The first-order valence-electron chi connectivity index (χ1n) is 7.79. The summed E-state index contributed by atoms with van der Waals surface area (Å²) < 4.78 is 45.6. The highest BCUT2D eigenvalue weighted by molar-refractivity contribution is 9.10. The van der Waals surface area contributed by atoms with Crippen LogP contribution in [0.2, 0.25) is 5.02 Å². The number of amides is 1. The number of nitro benzene ring substituents is 1. The summed E-state index contributed by atoms with van der Waals surface area (Å²) >= 11 is 8.90. The molecule has 2 aromatic rings. The van der Waals surface area contributed by atoms with Gasteiger partial charge in [0.15, 0.2) is 0 Å². The van der Waals surface area contributed by atoms with Gasteiger partial charge in [0, 0.05) is 15.6 Å². The lowest BCUT2D eigenvalue weighted by Gasteiger charge is -2.25. The average Bonchev–Trinajstić information content (AvgIpc) is 2.60. The molecule has 0 radical (unpaired) electrons. The van der Waals surface area contributed by atoms with Crippen molar-refractivity contribution < 1.29 is 27.6 Å². The lowest BCUT2D eigenvalue weighted by atomic mass is 10.1. The number of hydrogen-bond acceptors (Lipinski definition) is 4. The highest BCUT2D eigenvalue weighted by Gasteiger charge is 2.41. The zero-order valence-electron chi connectivity index (χ0n) is 14.3. The maximum absolute atomic E-state index is 13.7. The maximum atomic E-state index is 13.7. The molecule has 0 aliphatic rings. The van der Waals surface area contributed by atoms with Crippen LogP contribution in [0.25, 0.3) is 0 Å². The van der Waals surface area contributed by atoms with E-state index >= 15 is 0 Å². The Morgan fingerprint density at radius 1 is 1.32 bits per heavy atom. The summed E-state index contributed by atoms with van der Waals surface area (Å²) in [6.45, 7) is 0.875. The fraction of sp³-hybridized carbons (Fsp3) is 0.235. The first-order valence-corrected chi connectivity index (χ1v) is 8.96. The first-order chi connectivity index (χ1) is 13.1. The Labute approximate surface area is 171 Å². The molecule has 1 amide bonds. The SMILES string of the molecule is CCOC(=O)N(Cc1ccccc1Cl)c1c([N+](=O)[O-])cc(Br)cc1C(F)(F)F. The monoisotopic (exact) mass is 480 g/mol. The summed E-state index contributed by atoms with van der Waals surface area (Å²) in [6.07, 6.45) is -6.13. The number of benzene rings is 2. The van der Waals surface area contributed by atoms with Gasteiger partial charge in [-0.3, -0.25) is 15.0 Å². The molecule has 0 spiro atoms. The molecule has 6 nitrogen and oxygen atoms in total. The molecule has 0 aromatic heterocycles. The minimum Gasteiger partial charge on any atom is -0.449 e. The van der Waals surface area contributed by atoms with E-state index in [0.29, 0.717) is 16.5 Å². The molecular formula is C17H13BrClF3N2O4. The van der Waals surface area contributed by atoms with Crippen molar-refractivity contribution in [2.24, 2.45) is 0 Å². The van der Waals surface area contributed by atoms with Crippen LogP contribution >= 0.6 is 27.5 Å². The van der Waals surface area contributed by atoms with Gasteiger partial charge in [-0.1, -0.05) is 45.7 Å². The van der Waals surface area contributed by atoms with E-state index in [0.717, 1.165) is 6.07 Å². The molecule has 0 heterocycles. The number of nitro groups is 1. The average molecular weight is 482 g/mol. The molecule has 0 unspecified atom stereocenters. The molecular weight excluding hydrogens is 469 g/mol. The van der Waals surface area contributed by atoms with E-state index in [9.17, 15) is 28.1 Å². The first kappa shape index (κ1) is 22.0. The Hall–Kier alpha value is -2.33. The van der Waals surface area contributed by atoms with Crippen LogP contribution in [0, 0.1) is 10.1 Å². The number of hydrogen-bond donors (Lipinski definition) is 0. The van der Waals surface area contributed by atoms with Crippen LogP contribution in [0.5, 0.6) is 0 Å². The summed E-state index contributed by atoms with van der Waals surface area (Å²) in [5.41, 5.74) is -2.88. The van der Waals surface area contributed by atoms with Crippen molar-refractivity contribution >= 4 is 45.0 Å². The van der Waals surface area contributed by atoms with Crippen LogP contribution in [0.4, 0.5) is 29.3 Å². The molecule has 0 aliphatic heterocycles. The van der Waals surface area contributed by atoms with E-state index in [4.69, 9.17) is 16.3 Å². The molecule has 2 rings (SSSR count). The Morgan fingerprint density at radius 2 is 1.96 bits per heavy atom. The highest BCUT2D eigenvalue weighted by atomic mass is 79.9. The Bertz CT molecular complexity index is 908. The van der Waals surface area contributed by atoms with Crippen molar-refractivity contribution in [3.8, 4) is 0 Å². The minimum atomic E-state index is -4.96. The molecule has 0 atom stereocenters. The van der Waals surface area contributed by atoms with Crippen molar-refractivity contribution in [2.45, 2.75) is 19.6 Å². The number of nitrogens with zero attached hydrogens (tertiary/aromatic N) is 2. The van der Waals surface area contributed by atoms with Crippen LogP contribution in [0.1, 0.15) is 18.1 Å². The quantitative estimate of drug-likeness (QED) is 0.377. The van der Waals surface area contributed by atoms with Crippen molar-refractivity contribution in [2.75, 3.05) is 11.5 Å². The van der Waals surface area contributed by atoms with E-state index in [1.807, 2.05) is 0 Å². The molecule has 11 heteroatoms. The second-order valence-corrected chi connectivity index (χ2v) is 6.78. The third-order valence-corrected chi connectivity index (χ3v) is 4.43. The summed E-state index contributed by atoms with van der Waals surface area (Å²) in [5.74, 6) is 0. The van der Waals surface area contributed by atoms with Crippen molar-refractivity contribution in [1.29, 1.82) is 0 Å². The predicted octanol–water partition coefficient (Wildman–Crippen LogP) is 6.19. The zero-order chi connectivity index (χ0) is 21.1. The molecule has 0 saturated heterocycles. The summed E-state index contributed by atoms with van der Waals surface area (Å²) in [5, 5.41) is 11.7. The van der Waals surface area contributed by atoms with E-state index in [2.05, 4.69) is 15.9 Å². The second kappa shape index (κ2) is 8.78. The van der Waals surface area contributed by atoms with Gasteiger partial charge in [0.25, 0.3) is 5.69 Å². The lowest BCUT2D eigenvalue weighted by molar-refractivity contribution is -0.384. The van der Waals surface area contributed by atoms with Crippen LogP contribution in [-0.2, 0) is 17.5 Å². The number of anilines is 1. The number of alkyl halides is 3. The topological polar surface area (TPSA) is 72.7 Å². The molecule has 2 aromatic carbocycles. The van der Waals surface area contributed by atoms with Gasteiger partial charge in [-0.15, -0.1) is 0 Å². The van der Waals surface area contributed by atoms with Crippen LogP contribution in [-0.4, -0.2) is 17.6 Å². The Morgan fingerprint density at radius 3 is 2.50 bits per heavy atom. The number of halogens is 5. The fourth-order valence-corrected chi connectivity index (χ4v) is 3.10. The summed E-state index contributed by atoms with van der Waals surface area (Å²) in [6, 6.07) is 7.72. The third kappa shape index (κ3) is 4.93. The van der Waals surface area contributed by atoms with Crippen molar-refractivity contribution in [3.05, 3.63) is 67.1 Å². The minimum absolute atomic E-state index is 0.135. The van der Waals surface area contributed by atoms with E-state index < -0.39 is 40.7 Å². The van der Waals surface area contributed by atoms with Crippen LogP contribution in [0.15, 0.2) is 40.9 Å². The van der Waals surface area contributed by atoms with Crippen LogP contribution < -0.4 is 4.90 Å². The maximum Gasteiger partial charge on any atom is 0.418 e. The summed E-state index contributed by atoms with van der Waals surface area (Å²) in [4.78, 5) is 23.5. The van der Waals surface area contributed by atoms with Gasteiger partial charge < -0.3 is 4.74 Å².